The van der Waals surface area contributed by atoms with Crippen LogP contribution in [0.1, 0.15) is 43.2 Å². The van der Waals surface area contributed by atoms with Gasteiger partial charge in [-0.15, -0.1) is 0 Å². The Morgan fingerprint density at radius 1 is 1.44 bits per heavy atom. The van der Waals surface area contributed by atoms with E-state index in [1.807, 2.05) is 7.05 Å². The van der Waals surface area contributed by atoms with Crippen molar-refractivity contribution in [3.8, 4) is 0 Å². The van der Waals surface area contributed by atoms with Crippen molar-refractivity contribution in [2.45, 2.75) is 37.6 Å². The summed E-state index contributed by atoms with van der Waals surface area (Å²) in [6, 6.07) is 8.64. The van der Waals surface area contributed by atoms with Gasteiger partial charge in [0.05, 0.1) is 0 Å². The number of aliphatic hydroxyl groups excluding tert-OH is 1. The van der Waals surface area contributed by atoms with Crippen LogP contribution in [0.5, 0.6) is 0 Å². The molecule has 0 saturated carbocycles. The standard InChI is InChI=1S/C14H21NO/c1-11-7-8-14(15-2,9-10-16)13-6-4-3-5-12(11)13/h3-6,11,15-16H,7-10H2,1-2H3. The molecule has 0 aliphatic heterocycles. The lowest BCUT2D eigenvalue weighted by Gasteiger charge is -2.41. The van der Waals surface area contributed by atoms with Gasteiger partial charge in [-0.3, -0.25) is 0 Å². The highest BCUT2D eigenvalue weighted by Crippen LogP contribution is 2.42. The van der Waals surface area contributed by atoms with Crippen LogP contribution in [0.25, 0.3) is 0 Å². The Balaban J connectivity index is 2.47. The zero-order chi connectivity index (χ0) is 11.6. The molecule has 1 aromatic carbocycles. The van der Waals surface area contributed by atoms with Gasteiger partial charge in [0.1, 0.15) is 0 Å². The molecule has 2 unspecified atom stereocenters. The fraction of sp³-hybridized carbons (Fsp3) is 0.571. The maximum absolute atomic E-state index is 9.27. The van der Waals surface area contributed by atoms with Crippen molar-refractivity contribution in [2.24, 2.45) is 0 Å². The predicted molar refractivity (Wildman–Crippen MR) is 66.5 cm³/mol. The first-order valence-corrected chi connectivity index (χ1v) is 6.12. The molecule has 0 radical (unpaired) electrons. The van der Waals surface area contributed by atoms with Gasteiger partial charge >= 0.3 is 0 Å². The van der Waals surface area contributed by atoms with E-state index in [4.69, 9.17) is 0 Å². The van der Waals surface area contributed by atoms with Crippen LogP contribution >= 0.6 is 0 Å². The highest BCUT2D eigenvalue weighted by molar-refractivity contribution is 5.38. The van der Waals surface area contributed by atoms with Crippen molar-refractivity contribution in [1.29, 1.82) is 0 Å². The van der Waals surface area contributed by atoms with Gasteiger partial charge in [0.15, 0.2) is 0 Å². The van der Waals surface area contributed by atoms with E-state index in [1.165, 1.54) is 17.5 Å². The molecule has 2 rings (SSSR count). The van der Waals surface area contributed by atoms with Gasteiger partial charge in [-0.2, -0.15) is 0 Å². The summed E-state index contributed by atoms with van der Waals surface area (Å²) in [7, 11) is 2.00. The number of fused-ring (bicyclic) bond motifs is 1. The summed E-state index contributed by atoms with van der Waals surface area (Å²) in [6.45, 7) is 2.53. The lowest BCUT2D eigenvalue weighted by atomic mass is 9.71. The first kappa shape index (κ1) is 11.6. The summed E-state index contributed by atoms with van der Waals surface area (Å²) >= 11 is 0. The maximum Gasteiger partial charge on any atom is 0.0457 e. The fourth-order valence-corrected chi connectivity index (χ4v) is 2.95. The van der Waals surface area contributed by atoms with Crippen molar-refractivity contribution in [2.75, 3.05) is 13.7 Å². The molecular weight excluding hydrogens is 198 g/mol. The largest absolute Gasteiger partial charge is 0.396 e. The van der Waals surface area contributed by atoms with Crippen LogP contribution in [0.2, 0.25) is 0 Å². The summed E-state index contributed by atoms with van der Waals surface area (Å²) in [6.07, 6.45) is 3.10. The van der Waals surface area contributed by atoms with Crippen LogP contribution < -0.4 is 5.32 Å². The maximum atomic E-state index is 9.27. The molecule has 0 spiro atoms. The second kappa shape index (κ2) is 4.56. The van der Waals surface area contributed by atoms with E-state index in [0.717, 1.165) is 12.8 Å². The molecule has 16 heavy (non-hydrogen) atoms. The van der Waals surface area contributed by atoms with Gasteiger partial charge in [0, 0.05) is 12.1 Å². The van der Waals surface area contributed by atoms with E-state index in [9.17, 15) is 5.11 Å². The topological polar surface area (TPSA) is 32.3 Å². The molecule has 2 N–H and O–H groups in total. The molecule has 1 aromatic rings. The molecule has 2 heteroatoms. The minimum atomic E-state index is -0.0160. The van der Waals surface area contributed by atoms with Crippen molar-refractivity contribution in [3.05, 3.63) is 35.4 Å². The van der Waals surface area contributed by atoms with E-state index in [1.54, 1.807) is 0 Å². The fourth-order valence-electron chi connectivity index (χ4n) is 2.95. The van der Waals surface area contributed by atoms with Crippen LogP contribution in [0, 0.1) is 0 Å². The number of rotatable bonds is 3. The summed E-state index contributed by atoms with van der Waals surface area (Å²) in [4.78, 5) is 0. The van der Waals surface area contributed by atoms with Crippen LogP contribution in [0.4, 0.5) is 0 Å². The van der Waals surface area contributed by atoms with Crippen LogP contribution in [-0.2, 0) is 5.54 Å². The van der Waals surface area contributed by atoms with Gasteiger partial charge in [0.25, 0.3) is 0 Å². The molecule has 1 aliphatic rings. The van der Waals surface area contributed by atoms with Crippen molar-refractivity contribution in [1.82, 2.24) is 5.32 Å². The normalized spacial score (nSPS) is 28.8. The monoisotopic (exact) mass is 219 g/mol. The van der Waals surface area contributed by atoms with Crippen LogP contribution in [0.15, 0.2) is 24.3 Å². The van der Waals surface area contributed by atoms with E-state index in [0.29, 0.717) is 5.92 Å². The molecule has 0 fully saturated rings. The zero-order valence-corrected chi connectivity index (χ0v) is 10.2. The summed E-state index contributed by atoms with van der Waals surface area (Å²) in [5.41, 5.74) is 2.81. The van der Waals surface area contributed by atoms with Gasteiger partial charge < -0.3 is 10.4 Å². The second-order valence-electron chi connectivity index (χ2n) is 4.83. The lowest BCUT2D eigenvalue weighted by Crippen LogP contribution is -2.44. The Morgan fingerprint density at radius 3 is 2.88 bits per heavy atom. The molecular formula is C14H21NO. The number of aliphatic hydroxyl groups is 1. The number of hydrogen-bond acceptors (Lipinski definition) is 2. The Labute approximate surface area is 97.7 Å². The first-order chi connectivity index (χ1) is 7.73. The Hall–Kier alpha value is -0.860. The predicted octanol–water partition coefficient (Wildman–Crippen LogP) is 2.38. The first-order valence-electron chi connectivity index (χ1n) is 6.12. The van der Waals surface area contributed by atoms with E-state index in [-0.39, 0.29) is 12.1 Å². The molecule has 1 aliphatic carbocycles. The van der Waals surface area contributed by atoms with Crippen molar-refractivity contribution < 1.29 is 5.11 Å². The smallest absolute Gasteiger partial charge is 0.0457 e. The lowest BCUT2D eigenvalue weighted by molar-refractivity contribution is 0.193. The summed E-state index contributed by atoms with van der Waals surface area (Å²) in [5.74, 6) is 0.636. The van der Waals surface area contributed by atoms with Gasteiger partial charge in [0.2, 0.25) is 0 Å². The number of hydrogen-bond donors (Lipinski definition) is 2. The van der Waals surface area contributed by atoms with Crippen molar-refractivity contribution >= 4 is 0 Å². The third-order valence-electron chi connectivity index (χ3n) is 4.03. The Kier molecular flexibility index (Phi) is 3.31. The van der Waals surface area contributed by atoms with Crippen molar-refractivity contribution in [3.63, 3.8) is 0 Å². The Bertz CT molecular complexity index is 364. The average Bonchev–Trinajstić information content (AvgIpc) is 2.34. The minimum Gasteiger partial charge on any atom is -0.396 e. The van der Waals surface area contributed by atoms with Gasteiger partial charge in [-0.25, -0.2) is 0 Å². The van der Waals surface area contributed by atoms with E-state index >= 15 is 0 Å². The molecule has 0 amide bonds. The Morgan fingerprint density at radius 2 is 2.19 bits per heavy atom. The second-order valence-corrected chi connectivity index (χ2v) is 4.83. The zero-order valence-electron chi connectivity index (χ0n) is 10.2. The van der Waals surface area contributed by atoms with E-state index < -0.39 is 0 Å². The minimum absolute atomic E-state index is 0.0160. The summed E-state index contributed by atoms with van der Waals surface area (Å²) in [5, 5.41) is 12.7. The third kappa shape index (κ3) is 1.76. The number of benzene rings is 1. The molecule has 2 atom stereocenters. The SMILES string of the molecule is CNC1(CCO)CCC(C)c2ccccc21. The number of nitrogens with one attached hydrogen (secondary N) is 1. The van der Waals surface area contributed by atoms with Crippen LogP contribution in [-0.4, -0.2) is 18.8 Å². The molecule has 0 aromatic heterocycles. The molecule has 0 saturated heterocycles. The van der Waals surface area contributed by atoms with Gasteiger partial charge in [-0.1, -0.05) is 31.2 Å². The highest BCUT2D eigenvalue weighted by atomic mass is 16.3. The highest BCUT2D eigenvalue weighted by Gasteiger charge is 2.36. The average molecular weight is 219 g/mol. The van der Waals surface area contributed by atoms with Crippen LogP contribution in [0.3, 0.4) is 0 Å². The molecule has 0 heterocycles. The quantitative estimate of drug-likeness (QED) is 0.818. The molecule has 0 bridgehead atoms. The third-order valence-corrected chi connectivity index (χ3v) is 4.03. The summed E-state index contributed by atoms with van der Waals surface area (Å²) < 4.78 is 0. The van der Waals surface area contributed by atoms with Gasteiger partial charge in [-0.05, 0) is 43.4 Å². The molecule has 88 valence electrons. The van der Waals surface area contributed by atoms with E-state index in [2.05, 4.69) is 36.5 Å². The molecule has 2 nitrogen and oxygen atoms in total.